The monoisotopic (exact) mass is 253 g/mol. The fraction of sp³-hybridized carbons (Fsp3) is 0.667. The summed E-state index contributed by atoms with van der Waals surface area (Å²) in [5.41, 5.74) is 2.87. The molecule has 0 saturated carbocycles. The molecule has 0 aromatic carbocycles. The standard InChI is InChI=1S/C12H19N3OS/c1-9-11(17-8-14-9)7-15(2)12(16)6-10-4-3-5-13-10/h8,10,13H,3-7H2,1-2H3. The summed E-state index contributed by atoms with van der Waals surface area (Å²) in [5, 5.41) is 3.36. The van der Waals surface area contributed by atoms with E-state index in [0.717, 1.165) is 18.7 Å². The number of hydrogen-bond donors (Lipinski definition) is 1. The molecular formula is C12H19N3OS. The Morgan fingerprint density at radius 2 is 2.53 bits per heavy atom. The molecule has 94 valence electrons. The number of rotatable bonds is 4. The molecule has 2 heterocycles. The SMILES string of the molecule is Cc1ncsc1CN(C)C(=O)CC1CCCN1. The van der Waals surface area contributed by atoms with E-state index in [4.69, 9.17) is 0 Å². The predicted octanol–water partition coefficient (Wildman–Crippen LogP) is 1.55. The van der Waals surface area contributed by atoms with Gasteiger partial charge in [0.05, 0.1) is 17.7 Å². The molecule has 17 heavy (non-hydrogen) atoms. The average molecular weight is 253 g/mol. The van der Waals surface area contributed by atoms with Crippen molar-refractivity contribution in [3.05, 3.63) is 16.1 Å². The number of carbonyl (C=O) groups excluding carboxylic acids is 1. The van der Waals surface area contributed by atoms with Crippen LogP contribution < -0.4 is 5.32 Å². The zero-order chi connectivity index (χ0) is 12.3. The quantitative estimate of drug-likeness (QED) is 0.885. The Morgan fingerprint density at radius 1 is 1.71 bits per heavy atom. The minimum Gasteiger partial charge on any atom is -0.340 e. The molecule has 0 aliphatic carbocycles. The van der Waals surface area contributed by atoms with Gasteiger partial charge in [0.25, 0.3) is 0 Å². The third-order valence-electron chi connectivity index (χ3n) is 3.23. The van der Waals surface area contributed by atoms with Crippen molar-refractivity contribution in [2.24, 2.45) is 0 Å². The zero-order valence-electron chi connectivity index (χ0n) is 10.4. The largest absolute Gasteiger partial charge is 0.340 e. The average Bonchev–Trinajstić information content (AvgIpc) is 2.91. The summed E-state index contributed by atoms with van der Waals surface area (Å²) in [4.78, 5) is 19.2. The van der Waals surface area contributed by atoms with Crippen molar-refractivity contribution in [2.45, 2.75) is 38.8 Å². The molecule has 1 N–H and O–H groups in total. The summed E-state index contributed by atoms with van der Waals surface area (Å²) >= 11 is 1.62. The molecule has 1 fully saturated rings. The van der Waals surface area contributed by atoms with Crippen LogP contribution in [0.4, 0.5) is 0 Å². The van der Waals surface area contributed by atoms with Crippen LogP contribution >= 0.6 is 11.3 Å². The van der Waals surface area contributed by atoms with Gasteiger partial charge in [-0.2, -0.15) is 0 Å². The normalized spacial score (nSPS) is 19.5. The van der Waals surface area contributed by atoms with Gasteiger partial charge < -0.3 is 10.2 Å². The van der Waals surface area contributed by atoms with Crippen molar-refractivity contribution in [1.29, 1.82) is 0 Å². The summed E-state index contributed by atoms with van der Waals surface area (Å²) in [5.74, 6) is 0.220. The maximum absolute atomic E-state index is 12.0. The van der Waals surface area contributed by atoms with E-state index in [9.17, 15) is 4.79 Å². The van der Waals surface area contributed by atoms with Crippen molar-refractivity contribution in [1.82, 2.24) is 15.2 Å². The first-order valence-corrected chi connectivity index (χ1v) is 6.91. The number of nitrogens with one attached hydrogen (secondary N) is 1. The van der Waals surface area contributed by atoms with Crippen molar-refractivity contribution < 1.29 is 4.79 Å². The van der Waals surface area contributed by atoms with Gasteiger partial charge in [0.15, 0.2) is 0 Å². The fourth-order valence-electron chi connectivity index (χ4n) is 2.08. The van der Waals surface area contributed by atoms with Crippen LogP contribution in [-0.4, -0.2) is 35.4 Å². The van der Waals surface area contributed by atoms with E-state index in [0.29, 0.717) is 19.0 Å². The first kappa shape index (κ1) is 12.5. The summed E-state index contributed by atoms with van der Waals surface area (Å²) in [6.07, 6.45) is 2.93. The minimum atomic E-state index is 0.220. The van der Waals surface area contributed by atoms with E-state index in [2.05, 4.69) is 10.3 Å². The predicted molar refractivity (Wildman–Crippen MR) is 69.0 cm³/mol. The lowest BCUT2D eigenvalue weighted by Gasteiger charge is -2.19. The Morgan fingerprint density at radius 3 is 3.12 bits per heavy atom. The molecule has 0 radical (unpaired) electrons. The molecule has 2 rings (SSSR count). The number of thiazole rings is 1. The number of amides is 1. The fourth-order valence-corrected chi connectivity index (χ4v) is 2.91. The molecule has 1 aromatic heterocycles. The lowest BCUT2D eigenvalue weighted by Crippen LogP contribution is -2.33. The van der Waals surface area contributed by atoms with E-state index in [1.165, 1.54) is 11.3 Å². The number of nitrogens with zero attached hydrogens (tertiary/aromatic N) is 2. The first-order valence-electron chi connectivity index (χ1n) is 6.03. The van der Waals surface area contributed by atoms with Crippen molar-refractivity contribution in [3.63, 3.8) is 0 Å². The van der Waals surface area contributed by atoms with Gasteiger partial charge in [0.1, 0.15) is 0 Å². The van der Waals surface area contributed by atoms with Crippen LogP contribution in [0.15, 0.2) is 5.51 Å². The Kier molecular flexibility index (Phi) is 4.12. The van der Waals surface area contributed by atoms with E-state index < -0.39 is 0 Å². The smallest absolute Gasteiger partial charge is 0.224 e. The van der Waals surface area contributed by atoms with E-state index in [1.807, 2.05) is 19.5 Å². The Labute approximate surface area is 106 Å². The van der Waals surface area contributed by atoms with Gasteiger partial charge in [-0.05, 0) is 26.3 Å². The molecule has 5 heteroatoms. The van der Waals surface area contributed by atoms with Crippen LogP contribution in [0.1, 0.15) is 29.8 Å². The van der Waals surface area contributed by atoms with Crippen LogP contribution in [-0.2, 0) is 11.3 Å². The lowest BCUT2D eigenvalue weighted by molar-refractivity contribution is -0.130. The first-order chi connectivity index (χ1) is 8.16. The highest BCUT2D eigenvalue weighted by Gasteiger charge is 2.20. The highest BCUT2D eigenvalue weighted by molar-refractivity contribution is 7.09. The van der Waals surface area contributed by atoms with Gasteiger partial charge in [-0.1, -0.05) is 0 Å². The van der Waals surface area contributed by atoms with Crippen LogP contribution in [0.3, 0.4) is 0 Å². The Bertz CT molecular complexity index is 385. The molecule has 4 nitrogen and oxygen atoms in total. The van der Waals surface area contributed by atoms with Crippen LogP contribution in [0.2, 0.25) is 0 Å². The molecule has 1 aliphatic heterocycles. The third kappa shape index (κ3) is 3.26. The summed E-state index contributed by atoms with van der Waals surface area (Å²) in [7, 11) is 1.87. The van der Waals surface area contributed by atoms with Crippen molar-refractivity contribution in [2.75, 3.05) is 13.6 Å². The van der Waals surface area contributed by atoms with Gasteiger partial charge in [0, 0.05) is 24.4 Å². The third-order valence-corrected chi connectivity index (χ3v) is 4.15. The summed E-state index contributed by atoms with van der Waals surface area (Å²) in [6, 6.07) is 0.382. The summed E-state index contributed by atoms with van der Waals surface area (Å²) in [6.45, 7) is 3.72. The second kappa shape index (κ2) is 5.60. The number of aryl methyl sites for hydroxylation is 1. The van der Waals surface area contributed by atoms with E-state index in [1.54, 1.807) is 16.2 Å². The second-order valence-electron chi connectivity index (χ2n) is 4.61. The van der Waals surface area contributed by atoms with Crippen molar-refractivity contribution >= 4 is 17.2 Å². The topological polar surface area (TPSA) is 45.2 Å². The van der Waals surface area contributed by atoms with E-state index in [-0.39, 0.29) is 5.91 Å². The number of carbonyl (C=O) groups is 1. The molecule has 1 unspecified atom stereocenters. The Hall–Kier alpha value is -0.940. The highest BCUT2D eigenvalue weighted by atomic mass is 32.1. The number of hydrogen-bond acceptors (Lipinski definition) is 4. The van der Waals surface area contributed by atoms with Crippen LogP contribution in [0.5, 0.6) is 0 Å². The lowest BCUT2D eigenvalue weighted by atomic mass is 10.1. The van der Waals surface area contributed by atoms with Gasteiger partial charge in [0.2, 0.25) is 5.91 Å². The summed E-state index contributed by atoms with van der Waals surface area (Å²) < 4.78 is 0. The highest BCUT2D eigenvalue weighted by Crippen LogP contribution is 2.16. The Balaban J connectivity index is 1.84. The molecule has 0 spiro atoms. The minimum absolute atomic E-state index is 0.220. The second-order valence-corrected chi connectivity index (χ2v) is 5.55. The molecule has 1 aliphatic rings. The molecule has 1 amide bonds. The maximum Gasteiger partial charge on any atom is 0.224 e. The maximum atomic E-state index is 12.0. The zero-order valence-corrected chi connectivity index (χ0v) is 11.2. The molecular weight excluding hydrogens is 234 g/mol. The molecule has 0 bridgehead atoms. The van der Waals surface area contributed by atoms with Gasteiger partial charge in [-0.15, -0.1) is 11.3 Å². The molecule has 1 atom stereocenters. The van der Waals surface area contributed by atoms with E-state index >= 15 is 0 Å². The van der Waals surface area contributed by atoms with Crippen molar-refractivity contribution in [3.8, 4) is 0 Å². The molecule has 1 aromatic rings. The van der Waals surface area contributed by atoms with Gasteiger partial charge in [-0.25, -0.2) is 4.98 Å². The molecule has 1 saturated heterocycles. The van der Waals surface area contributed by atoms with Gasteiger partial charge >= 0.3 is 0 Å². The van der Waals surface area contributed by atoms with Gasteiger partial charge in [-0.3, -0.25) is 4.79 Å². The van der Waals surface area contributed by atoms with Crippen LogP contribution in [0.25, 0.3) is 0 Å². The van der Waals surface area contributed by atoms with Crippen LogP contribution in [0, 0.1) is 6.92 Å². The number of aromatic nitrogens is 1.